The largest absolute Gasteiger partial charge is 0.550 e. The van der Waals surface area contributed by atoms with Crippen LogP contribution in [-0.4, -0.2) is 18.5 Å². The summed E-state index contributed by atoms with van der Waals surface area (Å²) in [6, 6.07) is 7.20. The fourth-order valence-electron chi connectivity index (χ4n) is 3.90. The Morgan fingerprint density at radius 3 is 2.44 bits per heavy atom. The van der Waals surface area contributed by atoms with E-state index in [1.807, 2.05) is 24.3 Å². The van der Waals surface area contributed by atoms with Crippen LogP contribution in [0, 0.1) is 23.7 Å². The van der Waals surface area contributed by atoms with Crippen molar-refractivity contribution in [3.63, 3.8) is 0 Å². The molecule has 1 aromatic carbocycles. The Kier molecular flexibility index (Phi) is 5.41. The number of carbonyl (C=O) groups is 2. The summed E-state index contributed by atoms with van der Waals surface area (Å²) in [5, 5.41) is 14.2. The van der Waals surface area contributed by atoms with Gasteiger partial charge in [-0.3, -0.25) is 4.79 Å². The van der Waals surface area contributed by atoms with Gasteiger partial charge in [-0.25, -0.2) is 0 Å². The Labute approximate surface area is 148 Å². The Morgan fingerprint density at radius 2 is 1.80 bits per heavy atom. The molecule has 2 aliphatic rings. The summed E-state index contributed by atoms with van der Waals surface area (Å²) in [4.78, 5) is 24.0. The van der Waals surface area contributed by atoms with Gasteiger partial charge in [0.15, 0.2) is 0 Å². The molecule has 0 saturated heterocycles. The van der Waals surface area contributed by atoms with Gasteiger partial charge < -0.3 is 20.0 Å². The normalized spacial score (nSPS) is 26.6. The first-order valence-corrected chi connectivity index (χ1v) is 9.03. The van der Waals surface area contributed by atoms with Gasteiger partial charge in [0.1, 0.15) is 5.75 Å². The molecule has 1 N–H and O–H groups in total. The molecule has 1 aromatic rings. The lowest BCUT2D eigenvalue weighted by atomic mass is 9.82. The monoisotopic (exact) mass is 342 g/mol. The molecule has 0 heterocycles. The number of rotatable bonds is 8. The molecule has 1 fully saturated rings. The number of nitrogens with one attached hydrogen (secondary N) is 1. The molecule has 1 amide bonds. The number of benzene rings is 1. The summed E-state index contributed by atoms with van der Waals surface area (Å²) in [5.41, 5.74) is 0.648. The van der Waals surface area contributed by atoms with Crippen molar-refractivity contribution in [2.75, 3.05) is 11.9 Å². The summed E-state index contributed by atoms with van der Waals surface area (Å²) in [7, 11) is 0. The lowest BCUT2D eigenvalue weighted by Crippen LogP contribution is -2.42. The maximum absolute atomic E-state index is 12.6. The molecule has 0 aliphatic heterocycles. The van der Waals surface area contributed by atoms with E-state index >= 15 is 0 Å². The number of ether oxygens (including phenoxy) is 1. The first-order valence-electron chi connectivity index (χ1n) is 9.03. The average Bonchev–Trinajstić information content (AvgIpc) is 3.21. The van der Waals surface area contributed by atoms with Gasteiger partial charge in [0, 0.05) is 17.6 Å². The number of anilines is 1. The number of amides is 1. The van der Waals surface area contributed by atoms with Gasteiger partial charge in [-0.2, -0.15) is 0 Å². The number of fused-ring (bicyclic) bond motifs is 2. The molecule has 0 unspecified atom stereocenters. The molecule has 0 spiro atoms. The van der Waals surface area contributed by atoms with Crippen LogP contribution in [-0.2, 0) is 9.59 Å². The Balaban J connectivity index is 1.58. The zero-order valence-corrected chi connectivity index (χ0v) is 14.4. The van der Waals surface area contributed by atoms with Crippen LogP contribution in [0.15, 0.2) is 36.4 Å². The highest BCUT2D eigenvalue weighted by Crippen LogP contribution is 2.48. The predicted octanol–water partition coefficient (Wildman–Crippen LogP) is 2.38. The van der Waals surface area contributed by atoms with Gasteiger partial charge in [-0.05, 0) is 48.9 Å². The Morgan fingerprint density at radius 1 is 1.12 bits per heavy atom. The maximum atomic E-state index is 12.6. The fourth-order valence-corrected chi connectivity index (χ4v) is 3.90. The number of carboxylic acid groups (broad SMARTS) is 1. The molecule has 2 bridgehead atoms. The van der Waals surface area contributed by atoms with E-state index in [9.17, 15) is 14.7 Å². The first-order chi connectivity index (χ1) is 12.1. The molecule has 5 heteroatoms. The van der Waals surface area contributed by atoms with E-state index in [2.05, 4.69) is 12.2 Å². The van der Waals surface area contributed by atoms with Crippen LogP contribution in [0.1, 0.15) is 32.6 Å². The minimum absolute atomic E-state index is 0.00549. The molecule has 3 rings (SSSR count). The number of carboxylic acids is 1. The van der Waals surface area contributed by atoms with Crippen molar-refractivity contribution in [2.24, 2.45) is 23.7 Å². The van der Waals surface area contributed by atoms with E-state index in [0.717, 1.165) is 31.4 Å². The minimum Gasteiger partial charge on any atom is -0.550 e. The summed E-state index contributed by atoms with van der Waals surface area (Å²) in [5.74, 6) is -1.97. The minimum atomic E-state index is -1.13. The van der Waals surface area contributed by atoms with Crippen molar-refractivity contribution in [1.29, 1.82) is 0 Å². The van der Waals surface area contributed by atoms with E-state index in [1.54, 1.807) is 12.1 Å². The SMILES string of the molecule is CCCCCOc1ccc(NC(=O)[C@@H]2[C@@H](C(=O)[O-])[C@H]3C=C[C@@H]2C3)cc1. The molecule has 4 atom stereocenters. The zero-order valence-electron chi connectivity index (χ0n) is 14.4. The van der Waals surface area contributed by atoms with Crippen molar-refractivity contribution >= 4 is 17.6 Å². The van der Waals surface area contributed by atoms with E-state index in [0.29, 0.717) is 12.3 Å². The number of carbonyl (C=O) groups excluding carboxylic acids is 2. The summed E-state index contributed by atoms with van der Waals surface area (Å²) < 4.78 is 5.65. The third-order valence-electron chi connectivity index (χ3n) is 5.17. The van der Waals surface area contributed by atoms with Crippen LogP contribution in [0.25, 0.3) is 0 Å². The van der Waals surface area contributed by atoms with Gasteiger partial charge in [0.2, 0.25) is 5.91 Å². The smallest absolute Gasteiger partial charge is 0.228 e. The van der Waals surface area contributed by atoms with Gasteiger partial charge in [-0.15, -0.1) is 0 Å². The molecule has 25 heavy (non-hydrogen) atoms. The molecule has 0 aromatic heterocycles. The second kappa shape index (κ2) is 7.72. The third-order valence-corrected chi connectivity index (χ3v) is 5.17. The van der Waals surface area contributed by atoms with Gasteiger partial charge in [-0.1, -0.05) is 31.9 Å². The molecule has 1 saturated carbocycles. The van der Waals surface area contributed by atoms with Gasteiger partial charge >= 0.3 is 0 Å². The van der Waals surface area contributed by atoms with Crippen molar-refractivity contribution in [2.45, 2.75) is 32.6 Å². The van der Waals surface area contributed by atoms with E-state index < -0.39 is 17.8 Å². The van der Waals surface area contributed by atoms with Crippen molar-refractivity contribution in [3.05, 3.63) is 36.4 Å². The molecular weight excluding hydrogens is 318 g/mol. The number of unbranched alkanes of at least 4 members (excludes halogenated alkanes) is 2. The molecule has 2 aliphatic carbocycles. The molecule has 5 nitrogen and oxygen atoms in total. The number of hydrogen-bond donors (Lipinski definition) is 1. The van der Waals surface area contributed by atoms with E-state index in [1.165, 1.54) is 0 Å². The van der Waals surface area contributed by atoms with Crippen LogP contribution in [0.5, 0.6) is 5.75 Å². The van der Waals surface area contributed by atoms with Crippen molar-refractivity contribution in [3.8, 4) is 5.75 Å². The second-order valence-electron chi connectivity index (χ2n) is 6.89. The second-order valence-corrected chi connectivity index (χ2v) is 6.89. The third kappa shape index (κ3) is 3.86. The van der Waals surface area contributed by atoms with Crippen molar-refractivity contribution in [1.82, 2.24) is 0 Å². The highest BCUT2D eigenvalue weighted by Gasteiger charge is 2.48. The summed E-state index contributed by atoms with van der Waals surface area (Å²) in [6.07, 6.45) is 7.91. The van der Waals surface area contributed by atoms with Gasteiger partial charge in [0.05, 0.1) is 12.5 Å². The summed E-state index contributed by atoms with van der Waals surface area (Å²) >= 11 is 0. The fraction of sp³-hybridized carbons (Fsp3) is 0.500. The number of aliphatic carboxylic acids is 1. The quantitative estimate of drug-likeness (QED) is 0.581. The van der Waals surface area contributed by atoms with Crippen molar-refractivity contribution < 1.29 is 19.4 Å². The predicted molar refractivity (Wildman–Crippen MR) is 92.8 cm³/mol. The van der Waals surface area contributed by atoms with E-state index in [-0.39, 0.29) is 17.7 Å². The van der Waals surface area contributed by atoms with Crippen LogP contribution in [0.2, 0.25) is 0 Å². The highest BCUT2D eigenvalue weighted by atomic mass is 16.5. The van der Waals surface area contributed by atoms with Crippen LogP contribution < -0.4 is 15.2 Å². The number of hydrogen-bond acceptors (Lipinski definition) is 4. The van der Waals surface area contributed by atoms with Crippen LogP contribution in [0.4, 0.5) is 5.69 Å². The van der Waals surface area contributed by atoms with Crippen LogP contribution >= 0.6 is 0 Å². The lowest BCUT2D eigenvalue weighted by molar-refractivity contribution is -0.313. The highest BCUT2D eigenvalue weighted by molar-refractivity contribution is 5.96. The zero-order chi connectivity index (χ0) is 17.8. The lowest BCUT2D eigenvalue weighted by Gasteiger charge is -2.27. The molecular formula is C20H24NO4-. The molecule has 0 radical (unpaired) electrons. The maximum Gasteiger partial charge on any atom is 0.228 e. The van der Waals surface area contributed by atoms with E-state index in [4.69, 9.17) is 4.74 Å². The number of allylic oxidation sites excluding steroid dienone is 2. The standard InChI is InChI=1S/C20H25NO4/c1-2-3-4-11-25-16-9-7-15(8-10-16)21-19(22)17-13-5-6-14(12-13)18(17)20(23)24/h5-10,13-14,17-18H,2-4,11-12H2,1H3,(H,21,22)(H,23,24)/p-1/t13-,14+,17+,18+/m1/s1. The summed E-state index contributed by atoms with van der Waals surface area (Å²) in [6.45, 7) is 2.83. The van der Waals surface area contributed by atoms with Gasteiger partial charge in [0.25, 0.3) is 0 Å². The average molecular weight is 342 g/mol. The topological polar surface area (TPSA) is 78.5 Å². The van der Waals surface area contributed by atoms with Crippen LogP contribution in [0.3, 0.4) is 0 Å². The Bertz CT molecular complexity index is 652. The molecule has 134 valence electrons. The first kappa shape index (κ1) is 17.5. The Hall–Kier alpha value is -2.30.